The first-order valence-corrected chi connectivity index (χ1v) is 6.16. The fraction of sp³-hybridized carbons (Fsp3) is 0.188. The number of carbonyl (C=O) groups excluding carboxylic acids is 1. The minimum atomic E-state index is -0.326. The van der Waals surface area contributed by atoms with Crippen LogP contribution < -0.4 is 5.32 Å². The summed E-state index contributed by atoms with van der Waals surface area (Å²) in [7, 11) is 0. The van der Waals surface area contributed by atoms with E-state index in [0.29, 0.717) is 17.7 Å². The third kappa shape index (κ3) is 3.41. The number of rotatable bonds is 3. The van der Waals surface area contributed by atoms with Crippen molar-refractivity contribution in [2.24, 2.45) is 0 Å². The lowest BCUT2D eigenvalue weighted by Crippen LogP contribution is -2.23. The van der Waals surface area contributed by atoms with E-state index in [2.05, 4.69) is 5.32 Å². The Balaban J connectivity index is 2.05. The monoisotopic (exact) mass is 257 g/mol. The summed E-state index contributed by atoms with van der Waals surface area (Å²) in [6.45, 7) is 4.21. The van der Waals surface area contributed by atoms with Crippen LogP contribution in [0.3, 0.4) is 0 Å². The van der Waals surface area contributed by atoms with Gasteiger partial charge in [-0.25, -0.2) is 4.39 Å². The van der Waals surface area contributed by atoms with Gasteiger partial charge in [0.25, 0.3) is 5.91 Å². The number of hydrogen-bond donors (Lipinski definition) is 1. The van der Waals surface area contributed by atoms with Crippen LogP contribution in [0.2, 0.25) is 0 Å². The van der Waals surface area contributed by atoms with Crippen LogP contribution in [0.4, 0.5) is 4.39 Å². The van der Waals surface area contributed by atoms with Gasteiger partial charge in [-0.1, -0.05) is 29.8 Å². The van der Waals surface area contributed by atoms with Crippen LogP contribution in [0.25, 0.3) is 0 Å². The molecule has 3 heteroatoms. The van der Waals surface area contributed by atoms with Crippen LogP contribution in [0, 0.1) is 19.7 Å². The molecule has 0 bridgehead atoms. The summed E-state index contributed by atoms with van der Waals surface area (Å²) in [5, 5.41) is 2.84. The largest absolute Gasteiger partial charge is 0.348 e. The van der Waals surface area contributed by atoms with Gasteiger partial charge in [0.1, 0.15) is 5.82 Å². The van der Waals surface area contributed by atoms with E-state index in [0.717, 1.165) is 11.1 Å². The number of nitrogens with one attached hydrogen (secondary N) is 1. The lowest BCUT2D eigenvalue weighted by molar-refractivity contribution is 0.0950. The summed E-state index contributed by atoms with van der Waals surface area (Å²) < 4.78 is 13.0. The summed E-state index contributed by atoms with van der Waals surface area (Å²) in [6, 6.07) is 12.1. The highest BCUT2D eigenvalue weighted by molar-refractivity contribution is 5.95. The van der Waals surface area contributed by atoms with E-state index >= 15 is 0 Å². The Hall–Kier alpha value is -2.16. The van der Waals surface area contributed by atoms with Crippen molar-refractivity contribution >= 4 is 5.91 Å². The molecule has 0 heterocycles. The fourth-order valence-corrected chi connectivity index (χ4v) is 1.98. The van der Waals surface area contributed by atoms with Crippen LogP contribution >= 0.6 is 0 Å². The van der Waals surface area contributed by atoms with E-state index in [1.807, 2.05) is 31.2 Å². The fourth-order valence-electron chi connectivity index (χ4n) is 1.98. The van der Waals surface area contributed by atoms with Crippen molar-refractivity contribution in [3.8, 4) is 0 Å². The standard InChI is InChI=1S/C16H16FNO/c1-11-4-3-5-13(8-11)10-18-16(19)15-7-6-14(17)9-12(15)2/h3-9H,10H2,1-2H3,(H,18,19). The van der Waals surface area contributed by atoms with Gasteiger partial charge in [0.2, 0.25) is 0 Å². The van der Waals surface area contributed by atoms with E-state index in [4.69, 9.17) is 0 Å². The van der Waals surface area contributed by atoms with Crippen LogP contribution in [0.5, 0.6) is 0 Å². The second-order valence-corrected chi connectivity index (χ2v) is 4.63. The normalized spacial score (nSPS) is 10.3. The van der Waals surface area contributed by atoms with Gasteiger partial charge in [-0.2, -0.15) is 0 Å². The van der Waals surface area contributed by atoms with Crippen LogP contribution in [0.1, 0.15) is 27.0 Å². The molecular weight excluding hydrogens is 241 g/mol. The summed E-state index contributed by atoms with van der Waals surface area (Å²) in [6.07, 6.45) is 0. The second kappa shape index (κ2) is 5.65. The molecule has 0 aliphatic carbocycles. The molecule has 0 saturated heterocycles. The zero-order valence-electron chi connectivity index (χ0n) is 11.0. The lowest BCUT2D eigenvalue weighted by atomic mass is 10.1. The first kappa shape index (κ1) is 13.3. The van der Waals surface area contributed by atoms with Crippen molar-refractivity contribution in [2.45, 2.75) is 20.4 Å². The topological polar surface area (TPSA) is 29.1 Å². The molecule has 0 saturated carbocycles. The number of aryl methyl sites for hydroxylation is 2. The summed E-state index contributed by atoms with van der Waals surface area (Å²) in [4.78, 5) is 12.0. The van der Waals surface area contributed by atoms with E-state index in [9.17, 15) is 9.18 Å². The smallest absolute Gasteiger partial charge is 0.251 e. The van der Waals surface area contributed by atoms with Gasteiger partial charge in [-0.05, 0) is 43.2 Å². The number of amides is 1. The Bertz CT molecular complexity index is 607. The molecule has 1 amide bonds. The Kier molecular flexibility index (Phi) is 3.95. The number of benzene rings is 2. The molecule has 19 heavy (non-hydrogen) atoms. The van der Waals surface area contributed by atoms with Gasteiger partial charge in [-0.15, -0.1) is 0 Å². The molecule has 0 fully saturated rings. The predicted octanol–water partition coefficient (Wildman–Crippen LogP) is 3.37. The Morgan fingerprint density at radius 2 is 1.95 bits per heavy atom. The molecule has 0 aliphatic heterocycles. The predicted molar refractivity (Wildman–Crippen MR) is 73.5 cm³/mol. The maximum Gasteiger partial charge on any atom is 0.251 e. The van der Waals surface area contributed by atoms with Gasteiger partial charge in [-0.3, -0.25) is 4.79 Å². The molecule has 1 N–H and O–H groups in total. The van der Waals surface area contributed by atoms with Gasteiger partial charge in [0.05, 0.1) is 0 Å². The van der Waals surface area contributed by atoms with E-state index in [-0.39, 0.29) is 11.7 Å². The minimum absolute atomic E-state index is 0.181. The highest BCUT2D eigenvalue weighted by atomic mass is 19.1. The molecule has 98 valence electrons. The molecule has 0 radical (unpaired) electrons. The quantitative estimate of drug-likeness (QED) is 0.897. The highest BCUT2D eigenvalue weighted by Gasteiger charge is 2.09. The second-order valence-electron chi connectivity index (χ2n) is 4.63. The van der Waals surface area contributed by atoms with Crippen LogP contribution in [0.15, 0.2) is 42.5 Å². The van der Waals surface area contributed by atoms with E-state index < -0.39 is 0 Å². The number of hydrogen-bond acceptors (Lipinski definition) is 1. The van der Waals surface area contributed by atoms with Crippen LogP contribution in [-0.2, 0) is 6.54 Å². The number of carbonyl (C=O) groups is 1. The maximum atomic E-state index is 13.0. The third-order valence-electron chi connectivity index (χ3n) is 2.97. The average Bonchev–Trinajstić information content (AvgIpc) is 2.36. The van der Waals surface area contributed by atoms with Gasteiger partial charge in [0.15, 0.2) is 0 Å². The third-order valence-corrected chi connectivity index (χ3v) is 2.97. The van der Waals surface area contributed by atoms with Gasteiger partial charge in [0, 0.05) is 12.1 Å². The Labute approximate surface area is 112 Å². The summed E-state index contributed by atoms with van der Waals surface area (Å²) in [5.74, 6) is -0.508. The molecule has 2 rings (SSSR count). The Morgan fingerprint density at radius 3 is 2.63 bits per heavy atom. The highest BCUT2D eigenvalue weighted by Crippen LogP contribution is 2.10. The first-order valence-electron chi connectivity index (χ1n) is 6.16. The maximum absolute atomic E-state index is 13.0. The van der Waals surface area contributed by atoms with Crippen molar-refractivity contribution in [1.82, 2.24) is 5.32 Å². The van der Waals surface area contributed by atoms with Crippen molar-refractivity contribution in [1.29, 1.82) is 0 Å². The Morgan fingerprint density at radius 1 is 1.16 bits per heavy atom. The van der Waals surface area contributed by atoms with Crippen molar-refractivity contribution < 1.29 is 9.18 Å². The lowest BCUT2D eigenvalue weighted by Gasteiger charge is -2.08. The molecule has 0 aromatic heterocycles. The van der Waals surface area contributed by atoms with Crippen molar-refractivity contribution in [2.75, 3.05) is 0 Å². The summed E-state index contributed by atoms with van der Waals surface area (Å²) in [5.41, 5.74) is 3.36. The average molecular weight is 257 g/mol. The van der Waals surface area contributed by atoms with Crippen molar-refractivity contribution in [3.63, 3.8) is 0 Å². The van der Waals surface area contributed by atoms with Crippen molar-refractivity contribution in [3.05, 3.63) is 70.5 Å². The molecule has 0 aliphatic rings. The minimum Gasteiger partial charge on any atom is -0.348 e. The number of halogens is 1. The zero-order valence-corrected chi connectivity index (χ0v) is 11.0. The molecule has 0 spiro atoms. The molecule has 2 nitrogen and oxygen atoms in total. The van der Waals surface area contributed by atoms with Gasteiger partial charge >= 0.3 is 0 Å². The van der Waals surface area contributed by atoms with Crippen LogP contribution in [-0.4, -0.2) is 5.91 Å². The molecule has 2 aromatic rings. The zero-order chi connectivity index (χ0) is 13.8. The SMILES string of the molecule is Cc1cccc(CNC(=O)c2ccc(F)cc2C)c1. The van der Waals surface area contributed by atoms with E-state index in [1.165, 1.54) is 18.2 Å². The molecule has 0 atom stereocenters. The first-order chi connectivity index (χ1) is 9.06. The van der Waals surface area contributed by atoms with E-state index in [1.54, 1.807) is 6.92 Å². The molecular formula is C16H16FNO. The summed E-state index contributed by atoms with van der Waals surface area (Å²) >= 11 is 0. The van der Waals surface area contributed by atoms with Gasteiger partial charge < -0.3 is 5.32 Å². The molecule has 0 unspecified atom stereocenters. The molecule has 2 aromatic carbocycles.